The third-order valence-corrected chi connectivity index (χ3v) is 5.13. The fourth-order valence-corrected chi connectivity index (χ4v) is 3.48. The van der Waals surface area contributed by atoms with Gasteiger partial charge in [-0.15, -0.1) is 0 Å². The maximum Gasteiger partial charge on any atom is 0.261 e. The lowest BCUT2D eigenvalue weighted by atomic mass is 10.1. The van der Waals surface area contributed by atoms with Gasteiger partial charge in [-0.25, -0.2) is 4.39 Å². The molecule has 2 aromatic carbocycles. The molecule has 1 unspecified atom stereocenters. The van der Waals surface area contributed by atoms with Gasteiger partial charge in [0.15, 0.2) is 0 Å². The van der Waals surface area contributed by atoms with Crippen LogP contribution in [0.25, 0.3) is 0 Å². The summed E-state index contributed by atoms with van der Waals surface area (Å²) in [6.07, 6.45) is 1.56. The number of anilines is 1. The number of ether oxygens (including phenoxy) is 1. The molecule has 28 heavy (non-hydrogen) atoms. The Morgan fingerprint density at radius 2 is 1.96 bits per heavy atom. The predicted octanol–water partition coefficient (Wildman–Crippen LogP) is 3.51. The molecule has 1 atom stereocenters. The van der Waals surface area contributed by atoms with Crippen molar-refractivity contribution in [2.45, 2.75) is 18.9 Å². The number of fused-ring (bicyclic) bond motifs is 1. The van der Waals surface area contributed by atoms with E-state index in [4.69, 9.17) is 16.3 Å². The number of amides is 3. The van der Waals surface area contributed by atoms with Gasteiger partial charge in [-0.05, 0) is 49.2 Å². The SMILES string of the molecule is O=C(Nc1ccc(Cl)c(F)c1)c1ccc2c(c1)C(=O)N(CC1CCCO1)C2=O. The molecule has 0 saturated carbocycles. The largest absolute Gasteiger partial charge is 0.376 e. The van der Waals surface area contributed by atoms with E-state index in [9.17, 15) is 18.8 Å². The third kappa shape index (κ3) is 3.39. The summed E-state index contributed by atoms with van der Waals surface area (Å²) < 4.78 is 19.0. The van der Waals surface area contributed by atoms with Crippen LogP contribution >= 0.6 is 11.6 Å². The zero-order chi connectivity index (χ0) is 19.8. The molecule has 2 aliphatic heterocycles. The number of rotatable bonds is 4. The number of hydrogen-bond acceptors (Lipinski definition) is 4. The van der Waals surface area contributed by atoms with E-state index in [-0.39, 0.29) is 46.0 Å². The van der Waals surface area contributed by atoms with Gasteiger partial charge in [0.25, 0.3) is 17.7 Å². The van der Waals surface area contributed by atoms with Gasteiger partial charge in [0.05, 0.1) is 28.8 Å². The number of hydrogen-bond donors (Lipinski definition) is 1. The highest BCUT2D eigenvalue weighted by Crippen LogP contribution is 2.26. The number of imide groups is 1. The Labute approximate surface area is 165 Å². The van der Waals surface area contributed by atoms with Crippen LogP contribution in [-0.4, -0.2) is 41.9 Å². The Balaban J connectivity index is 1.53. The fourth-order valence-electron chi connectivity index (χ4n) is 3.37. The van der Waals surface area contributed by atoms with Crippen LogP contribution < -0.4 is 5.32 Å². The van der Waals surface area contributed by atoms with Crippen LogP contribution in [0.5, 0.6) is 0 Å². The molecule has 2 aliphatic rings. The predicted molar refractivity (Wildman–Crippen MR) is 100 cm³/mol. The summed E-state index contributed by atoms with van der Waals surface area (Å²) >= 11 is 5.63. The number of benzene rings is 2. The first kappa shape index (κ1) is 18.6. The first-order chi connectivity index (χ1) is 13.4. The van der Waals surface area contributed by atoms with Crippen LogP contribution in [0.4, 0.5) is 10.1 Å². The summed E-state index contributed by atoms with van der Waals surface area (Å²) in [6.45, 7) is 0.835. The molecule has 0 spiro atoms. The number of carbonyl (C=O) groups excluding carboxylic acids is 3. The maximum atomic E-state index is 13.5. The molecule has 4 rings (SSSR count). The zero-order valence-electron chi connectivity index (χ0n) is 14.7. The fraction of sp³-hybridized carbons (Fsp3) is 0.250. The van der Waals surface area contributed by atoms with Crippen molar-refractivity contribution >= 4 is 35.0 Å². The van der Waals surface area contributed by atoms with E-state index in [1.807, 2.05) is 0 Å². The number of nitrogens with zero attached hydrogens (tertiary/aromatic N) is 1. The van der Waals surface area contributed by atoms with E-state index in [1.54, 1.807) is 0 Å². The summed E-state index contributed by atoms with van der Waals surface area (Å²) in [5, 5.41) is 2.50. The van der Waals surface area contributed by atoms with Crippen LogP contribution in [0.15, 0.2) is 36.4 Å². The van der Waals surface area contributed by atoms with Gasteiger partial charge in [-0.2, -0.15) is 0 Å². The van der Waals surface area contributed by atoms with Crippen molar-refractivity contribution < 1.29 is 23.5 Å². The quantitative estimate of drug-likeness (QED) is 0.794. The molecular weight excluding hydrogens is 387 g/mol. The van der Waals surface area contributed by atoms with Crippen molar-refractivity contribution in [3.63, 3.8) is 0 Å². The molecule has 6 nitrogen and oxygen atoms in total. The van der Waals surface area contributed by atoms with Gasteiger partial charge in [-0.1, -0.05) is 11.6 Å². The molecule has 0 bridgehead atoms. The van der Waals surface area contributed by atoms with E-state index in [1.165, 1.54) is 30.3 Å². The van der Waals surface area contributed by atoms with Gasteiger partial charge < -0.3 is 10.1 Å². The molecule has 2 aromatic rings. The van der Waals surface area contributed by atoms with Gasteiger partial charge in [0.2, 0.25) is 0 Å². The average molecular weight is 403 g/mol. The first-order valence-corrected chi connectivity index (χ1v) is 9.20. The second-order valence-electron chi connectivity index (χ2n) is 6.70. The van der Waals surface area contributed by atoms with E-state index < -0.39 is 17.6 Å². The molecule has 1 fully saturated rings. The summed E-state index contributed by atoms with van der Waals surface area (Å²) in [7, 11) is 0. The molecular formula is C20H16ClFN2O4. The Morgan fingerprint density at radius 1 is 1.18 bits per heavy atom. The first-order valence-electron chi connectivity index (χ1n) is 8.82. The molecule has 0 radical (unpaired) electrons. The molecule has 2 heterocycles. The van der Waals surface area contributed by atoms with Gasteiger partial charge in [0.1, 0.15) is 5.82 Å². The van der Waals surface area contributed by atoms with E-state index in [2.05, 4.69) is 5.32 Å². The van der Waals surface area contributed by atoms with E-state index in [0.717, 1.165) is 23.8 Å². The summed E-state index contributed by atoms with van der Waals surface area (Å²) in [5.74, 6) is -2.01. The van der Waals surface area contributed by atoms with Crippen molar-refractivity contribution in [1.29, 1.82) is 0 Å². The standard InChI is InChI=1S/C20H16ClFN2O4/c21-16-6-4-12(9-17(16)22)23-18(25)11-3-5-14-15(8-11)20(27)24(19(14)26)10-13-2-1-7-28-13/h3-6,8-9,13H,1-2,7,10H2,(H,23,25). The highest BCUT2D eigenvalue weighted by atomic mass is 35.5. The van der Waals surface area contributed by atoms with Crippen molar-refractivity contribution in [2.75, 3.05) is 18.5 Å². The number of halogens is 2. The van der Waals surface area contributed by atoms with Crippen molar-refractivity contribution in [3.8, 4) is 0 Å². The monoisotopic (exact) mass is 402 g/mol. The van der Waals surface area contributed by atoms with Crippen LogP contribution in [0.3, 0.4) is 0 Å². The molecule has 0 aromatic heterocycles. The minimum Gasteiger partial charge on any atom is -0.376 e. The smallest absolute Gasteiger partial charge is 0.261 e. The van der Waals surface area contributed by atoms with Crippen LogP contribution in [-0.2, 0) is 4.74 Å². The van der Waals surface area contributed by atoms with Crippen LogP contribution in [0.2, 0.25) is 5.02 Å². The minimum absolute atomic E-state index is 0.0500. The van der Waals surface area contributed by atoms with Crippen LogP contribution in [0, 0.1) is 5.82 Å². The number of carbonyl (C=O) groups is 3. The lowest BCUT2D eigenvalue weighted by Gasteiger charge is -2.17. The minimum atomic E-state index is -0.654. The Hall–Kier alpha value is -2.77. The second kappa shape index (κ2) is 7.33. The van der Waals surface area contributed by atoms with Crippen molar-refractivity contribution in [3.05, 3.63) is 63.9 Å². The molecule has 8 heteroatoms. The van der Waals surface area contributed by atoms with Gasteiger partial charge in [-0.3, -0.25) is 19.3 Å². The van der Waals surface area contributed by atoms with Crippen molar-refractivity contribution in [1.82, 2.24) is 4.90 Å². The third-order valence-electron chi connectivity index (χ3n) is 4.82. The van der Waals surface area contributed by atoms with Gasteiger partial charge >= 0.3 is 0 Å². The average Bonchev–Trinajstić information content (AvgIpc) is 3.28. The lowest BCUT2D eigenvalue weighted by Crippen LogP contribution is -2.36. The maximum absolute atomic E-state index is 13.5. The highest BCUT2D eigenvalue weighted by molar-refractivity contribution is 6.30. The lowest BCUT2D eigenvalue weighted by molar-refractivity contribution is 0.0475. The topological polar surface area (TPSA) is 75.7 Å². The normalized spacial score (nSPS) is 18.5. The second-order valence-corrected chi connectivity index (χ2v) is 7.11. The molecule has 0 aliphatic carbocycles. The molecule has 3 amide bonds. The van der Waals surface area contributed by atoms with E-state index >= 15 is 0 Å². The van der Waals surface area contributed by atoms with Gasteiger partial charge in [0, 0.05) is 17.9 Å². The molecule has 1 N–H and O–H groups in total. The Kier molecular flexibility index (Phi) is 4.87. The van der Waals surface area contributed by atoms with Crippen LogP contribution in [0.1, 0.15) is 43.9 Å². The zero-order valence-corrected chi connectivity index (χ0v) is 15.5. The molecule has 144 valence electrons. The molecule has 1 saturated heterocycles. The highest BCUT2D eigenvalue weighted by Gasteiger charge is 2.37. The number of nitrogens with one attached hydrogen (secondary N) is 1. The van der Waals surface area contributed by atoms with Crippen molar-refractivity contribution in [2.24, 2.45) is 0 Å². The summed E-state index contributed by atoms with van der Waals surface area (Å²) in [4.78, 5) is 38.8. The summed E-state index contributed by atoms with van der Waals surface area (Å²) in [5.41, 5.74) is 0.860. The Bertz CT molecular complexity index is 988. The Morgan fingerprint density at radius 3 is 2.68 bits per heavy atom. The van der Waals surface area contributed by atoms with E-state index in [0.29, 0.717) is 6.61 Å². The summed E-state index contributed by atoms with van der Waals surface area (Å²) in [6, 6.07) is 8.21.